The molecule has 0 bridgehead atoms. The van der Waals surface area contributed by atoms with Crippen molar-refractivity contribution in [2.75, 3.05) is 14.1 Å². The van der Waals surface area contributed by atoms with Gasteiger partial charge in [0.1, 0.15) is 0 Å². The maximum atomic E-state index is 12.6. The quantitative estimate of drug-likeness (QED) is 0.451. The standard InChI is InChI=1S/C23H23N5O2S/c1-24-16-10-17(11-16)26-22(30)15-7-8-19-20(9-15)31-23-27-18(12-28(19)23)13-3-5-14(6-4-13)21(29)25-2/h3-9,12,16-17,24H,10-11H2,1-2H3,(H,25,29)(H,26,30)/t16-,17-. The van der Waals surface area contributed by atoms with Gasteiger partial charge in [-0.1, -0.05) is 23.5 Å². The van der Waals surface area contributed by atoms with Gasteiger partial charge in [0.2, 0.25) is 0 Å². The number of carbonyl (C=O) groups is 2. The van der Waals surface area contributed by atoms with Crippen LogP contribution in [0.25, 0.3) is 26.4 Å². The van der Waals surface area contributed by atoms with Gasteiger partial charge in [0, 0.05) is 42.0 Å². The lowest BCUT2D eigenvalue weighted by molar-refractivity contribution is 0.0903. The fourth-order valence-corrected chi connectivity index (χ4v) is 5.01. The van der Waals surface area contributed by atoms with Crippen LogP contribution in [0.4, 0.5) is 0 Å². The molecule has 2 aromatic heterocycles. The first-order valence-corrected chi connectivity index (χ1v) is 11.1. The molecule has 1 aliphatic carbocycles. The zero-order valence-electron chi connectivity index (χ0n) is 17.3. The third-order valence-electron chi connectivity index (χ3n) is 5.91. The van der Waals surface area contributed by atoms with E-state index in [1.807, 2.05) is 48.0 Å². The first-order valence-electron chi connectivity index (χ1n) is 10.3. The largest absolute Gasteiger partial charge is 0.355 e. The van der Waals surface area contributed by atoms with Crippen molar-refractivity contribution in [1.29, 1.82) is 0 Å². The SMILES string of the molecule is CNC(=O)c1ccc(-c2cn3c(n2)sc2cc(C(=O)N[C@H]4C[C@H](NC)C4)ccc23)cc1. The van der Waals surface area contributed by atoms with Gasteiger partial charge in [0.25, 0.3) is 11.8 Å². The number of hydrogen-bond donors (Lipinski definition) is 3. The average molecular weight is 434 g/mol. The molecule has 1 saturated carbocycles. The van der Waals surface area contributed by atoms with Gasteiger partial charge in [-0.3, -0.25) is 14.0 Å². The minimum Gasteiger partial charge on any atom is -0.355 e. The van der Waals surface area contributed by atoms with Crippen molar-refractivity contribution in [2.24, 2.45) is 0 Å². The van der Waals surface area contributed by atoms with Crippen molar-refractivity contribution in [2.45, 2.75) is 24.9 Å². The van der Waals surface area contributed by atoms with Crippen LogP contribution in [-0.2, 0) is 0 Å². The third kappa shape index (κ3) is 3.58. The van der Waals surface area contributed by atoms with Crippen molar-refractivity contribution >= 4 is 38.3 Å². The Morgan fingerprint density at radius 2 is 1.74 bits per heavy atom. The molecule has 0 atom stereocenters. The van der Waals surface area contributed by atoms with E-state index in [0.717, 1.165) is 39.3 Å². The minimum atomic E-state index is -0.109. The molecule has 2 aromatic carbocycles. The van der Waals surface area contributed by atoms with E-state index in [1.165, 1.54) is 0 Å². The molecule has 0 spiro atoms. The fraction of sp³-hybridized carbons (Fsp3) is 0.261. The van der Waals surface area contributed by atoms with Gasteiger partial charge in [-0.05, 0) is 50.2 Å². The van der Waals surface area contributed by atoms with Crippen LogP contribution in [-0.4, -0.2) is 47.4 Å². The Bertz CT molecular complexity index is 1280. The van der Waals surface area contributed by atoms with Gasteiger partial charge in [-0.2, -0.15) is 0 Å². The molecule has 8 heteroatoms. The van der Waals surface area contributed by atoms with Gasteiger partial charge < -0.3 is 16.0 Å². The highest BCUT2D eigenvalue weighted by molar-refractivity contribution is 7.23. The van der Waals surface area contributed by atoms with Crippen LogP contribution in [0, 0.1) is 0 Å². The third-order valence-corrected chi connectivity index (χ3v) is 6.93. The summed E-state index contributed by atoms with van der Waals surface area (Å²) >= 11 is 1.56. The summed E-state index contributed by atoms with van der Waals surface area (Å²) in [7, 11) is 3.57. The number of benzene rings is 2. The van der Waals surface area contributed by atoms with Crippen LogP contribution in [0.5, 0.6) is 0 Å². The number of fused-ring (bicyclic) bond motifs is 3. The molecule has 2 heterocycles. The molecule has 2 amide bonds. The smallest absolute Gasteiger partial charge is 0.251 e. The second-order valence-electron chi connectivity index (χ2n) is 7.85. The van der Waals surface area contributed by atoms with Crippen LogP contribution in [0.15, 0.2) is 48.7 Å². The number of imidazole rings is 1. The molecule has 31 heavy (non-hydrogen) atoms. The Hall–Kier alpha value is -3.23. The summed E-state index contributed by atoms with van der Waals surface area (Å²) in [5, 5.41) is 8.96. The number of nitrogens with one attached hydrogen (secondary N) is 3. The Labute approximate surface area is 183 Å². The van der Waals surface area contributed by atoms with Crippen LogP contribution >= 0.6 is 11.3 Å². The molecule has 1 fully saturated rings. The van der Waals surface area contributed by atoms with Gasteiger partial charge in [-0.15, -0.1) is 0 Å². The zero-order chi connectivity index (χ0) is 21.5. The van der Waals surface area contributed by atoms with E-state index < -0.39 is 0 Å². The molecular formula is C23H23N5O2S. The zero-order valence-corrected chi connectivity index (χ0v) is 18.1. The van der Waals surface area contributed by atoms with Gasteiger partial charge in [-0.25, -0.2) is 4.98 Å². The highest BCUT2D eigenvalue weighted by Gasteiger charge is 2.29. The summed E-state index contributed by atoms with van der Waals surface area (Å²) < 4.78 is 3.08. The molecule has 0 radical (unpaired) electrons. The minimum absolute atomic E-state index is 0.0237. The van der Waals surface area contributed by atoms with E-state index in [2.05, 4.69) is 16.0 Å². The molecule has 5 rings (SSSR count). The second kappa shape index (κ2) is 7.79. The van der Waals surface area contributed by atoms with E-state index in [0.29, 0.717) is 17.2 Å². The Morgan fingerprint density at radius 3 is 2.45 bits per heavy atom. The Balaban J connectivity index is 1.38. The number of hydrogen-bond acceptors (Lipinski definition) is 5. The molecular weight excluding hydrogens is 410 g/mol. The first-order chi connectivity index (χ1) is 15.1. The van der Waals surface area contributed by atoms with E-state index in [4.69, 9.17) is 4.98 Å². The summed E-state index contributed by atoms with van der Waals surface area (Å²) in [4.78, 5) is 29.9. The van der Waals surface area contributed by atoms with Gasteiger partial charge >= 0.3 is 0 Å². The van der Waals surface area contributed by atoms with Crippen molar-refractivity contribution in [3.63, 3.8) is 0 Å². The normalized spacial score (nSPS) is 18.1. The highest BCUT2D eigenvalue weighted by Crippen LogP contribution is 2.30. The average Bonchev–Trinajstić information content (AvgIpc) is 3.32. The Kier molecular flexibility index (Phi) is 4.95. The summed E-state index contributed by atoms with van der Waals surface area (Å²) in [6, 6.07) is 13.9. The molecule has 3 N–H and O–H groups in total. The number of nitrogens with zero attached hydrogens (tertiary/aromatic N) is 2. The molecule has 4 aromatic rings. The van der Waals surface area contributed by atoms with E-state index in [1.54, 1.807) is 30.5 Å². The predicted octanol–water partition coefficient (Wildman–Crippen LogP) is 3.06. The van der Waals surface area contributed by atoms with E-state index in [-0.39, 0.29) is 17.9 Å². The summed E-state index contributed by atoms with van der Waals surface area (Å²) in [5.41, 5.74) is 4.12. The topological polar surface area (TPSA) is 87.5 Å². The second-order valence-corrected chi connectivity index (χ2v) is 8.86. The lowest BCUT2D eigenvalue weighted by atomic mass is 9.87. The summed E-state index contributed by atoms with van der Waals surface area (Å²) in [6.07, 6.45) is 3.95. The summed E-state index contributed by atoms with van der Waals surface area (Å²) in [5.74, 6) is -0.133. The lowest BCUT2D eigenvalue weighted by Gasteiger charge is -2.35. The maximum Gasteiger partial charge on any atom is 0.251 e. The molecule has 158 valence electrons. The van der Waals surface area contributed by atoms with E-state index in [9.17, 15) is 9.59 Å². The van der Waals surface area contributed by atoms with Crippen LogP contribution in [0.1, 0.15) is 33.6 Å². The lowest BCUT2D eigenvalue weighted by Crippen LogP contribution is -2.51. The highest BCUT2D eigenvalue weighted by atomic mass is 32.1. The van der Waals surface area contributed by atoms with Crippen molar-refractivity contribution in [3.8, 4) is 11.3 Å². The summed E-state index contributed by atoms with van der Waals surface area (Å²) in [6.45, 7) is 0. The molecule has 1 aliphatic rings. The fourth-order valence-electron chi connectivity index (χ4n) is 3.96. The monoisotopic (exact) mass is 433 g/mol. The number of thiazole rings is 1. The van der Waals surface area contributed by atoms with Gasteiger partial charge in [0.15, 0.2) is 4.96 Å². The number of amides is 2. The van der Waals surface area contributed by atoms with Crippen LogP contribution < -0.4 is 16.0 Å². The van der Waals surface area contributed by atoms with Gasteiger partial charge in [0.05, 0.1) is 15.9 Å². The number of rotatable bonds is 5. The van der Waals surface area contributed by atoms with Crippen molar-refractivity contribution in [1.82, 2.24) is 25.3 Å². The number of carbonyl (C=O) groups excluding carboxylic acids is 2. The Morgan fingerprint density at radius 1 is 1.00 bits per heavy atom. The molecule has 0 unspecified atom stereocenters. The van der Waals surface area contributed by atoms with Crippen molar-refractivity contribution < 1.29 is 9.59 Å². The predicted molar refractivity (Wildman–Crippen MR) is 123 cm³/mol. The van der Waals surface area contributed by atoms with Crippen LogP contribution in [0.3, 0.4) is 0 Å². The van der Waals surface area contributed by atoms with Crippen molar-refractivity contribution in [3.05, 3.63) is 59.8 Å². The van der Waals surface area contributed by atoms with Crippen LogP contribution in [0.2, 0.25) is 0 Å². The molecule has 0 saturated heterocycles. The van der Waals surface area contributed by atoms with E-state index >= 15 is 0 Å². The maximum absolute atomic E-state index is 12.6. The molecule has 7 nitrogen and oxygen atoms in total. The number of aromatic nitrogens is 2. The first kappa shape index (κ1) is 19.7. The molecule has 0 aliphatic heterocycles.